The summed E-state index contributed by atoms with van der Waals surface area (Å²) in [6, 6.07) is 9.77. The van der Waals surface area contributed by atoms with Crippen LogP contribution in [0.25, 0.3) is 0 Å². The van der Waals surface area contributed by atoms with Gasteiger partial charge < -0.3 is 16.4 Å². The van der Waals surface area contributed by atoms with Crippen LogP contribution >= 0.6 is 0 Å². The SMILES string of the molecule is NC(=O)CCCCNCC(=O)NCc1ccccc1. The Morgan fingerprint density at radius 2 is 1.84 bits per heavy atom. The molecule has 4 N–H and O–H groups in total. The van der Waals surface area contributed by atoms with Gasteiger partial charge in [0.25, 0.3) is 0 Å². The van der Waals surface area contributed by atoms with Crippen LogP contribution in [0, 0.1) is 0 Å². The highest BCUT2D eigenvalue weighted by molar-refractivity contribution is 5.77. The molecule has 0 bridgehead atoms. The lowest BCUT2D eigenvalue weighted by Gasteiger charge is -2.06. The fourth-order valence-corrected chi connectivity index (χ4v) is 1.61. The first-order valence-corrected chi connectivity index (χ1v) is 6.48. The summed E-state index contributed by atoms with van der Waals surface area (Å²) in [7, 11) is 0. The number of primary amides is 1. The molecule has 0 heterocycles. The molecule has 104 valence electrons. The first-order valence-electron chi connectivity index (χ1n) is 6.48. The maximum atomic E-state index is 11.5. The highest BCUT2D eigenvalue weighted by Crippen LogP contribution is 1.96. The fraction of sp³-hybridized carbons (Fsp3) is 0.429. The smallest absolute Gasteiger partial charge is 0.234 e. The van der Waals surface area contributed by atoms with E-state index in [4.69, 9.17) is 5.73 Å². The van der Waals surface area contributed by atoms with E-state index in [1.54, 1.807) is 0 Å². The number of hydrogen-bond acceptors (Lipinski definition) is 3. The molecule has 0 unspecified atom stereocenters. The number of amides is 2. The lowest BCUT2D eigenvalue weighted by Crippen LogP contribution is -2.33. The second-order valence-corrected chi connectivity index (χ2v) is 4.36. The van der Waals surface area contributed by atoms with Crippen molar-refractivity contribution in [3.8, 4) is 0 Å². The lowest BCUT2D eigenvalue weighted by atomic mass is 10.2. The molecule has 5 heteroatoms. The van der Waals surface area contributed by atoms with Crippen LogP contribution in [-0.2, 0) is 16.1 Å². The van der Waals surface area contributed by atoms with Crippen LogP contribution in [0.1, 0.15) is 24.8 Å². The zero-order chi connectivity index (χ0) is 13.9. The standard InChI is InChI=1S/C14H21N3O2/c15-13(18)8-4-5-9-16-11-14(19)17-10-12-6-2-1-3-7-12/h1-3,6-7,16H,4-5,8-11H2,(H2,15,18)(H,17,19). The van der Waals surface area contributed by atoms with Gasteiger partial charge in [0.15, 0.2) is 0 Å². The van der Waals surface area contributed by atoms with Gasteiger partial charge in [-0.2, -0.15) is 0 Å². The predicted octanol–water partition coefficient (Wildman–Crippen LogP) is 0.548. The highest BCUT2D eigenvalue weighted by Gasteiger charge is 2.00. The number of benzene rings is 1. The lowest BCUT2D eigenvalue weighted by molar-refractivity contribution is -0.120. The molecule has 2 amide bonds. The molecule has 5 nitrogen and oxygen atoms in total. The maximum absolute atomic E-state index is 11.5. The Kier molecular flexibility index (Phi) is 7.27. The molecule has 0 spiro atoms. The summed E-state index contributed by atoms with van der Waals surface area (Å²) in [5.41, 5.74) is 6.11. The van der Waals surface area contributed by atoms with Gasteiger partial charge in [0, 0.05) is 13.0 Å². The third-order valence-corrected chi connectivity index (χ3v) is 2.64. The van der Waals surface area contributed by atoms with Gasteiger partial charge in [0.2, 0.25) is 11.8 Å². The summed E-state index contributed by atoms with van der Waals surface area (Å²) in [6.45, 7) is 1.55. The molecule has 1 aromatic rings. The zero-order valence-corrected chi connectivity index (χ0v) is 11.0. The molecule has 0 saturated carbocycles. The van der Waals surface area contributed by atoms with E-state index in [1.807, 2.05) is 30.3 Å². The number of rotatable bonds is 9. The number of unbranched alkanes of at least 4 members (excludes halogenated alkanes) is 1. The van der Waals surface area contributed by atoms with Crippen LogP contribution < -0.4 is 16.4 Å². The van der Waals surface area contributed by atoms with Gasteiger partial charge in [-0.05, 0) is 24.9 Å². The summed E-state index contributed by atoms with van der Waals surface area (Å²) < 4.78 is 0. The van der Waals surface area contributed by atoms with Crippen LogP contribution in [0.2, 0.25) is 0 Å². The number of nitrogens with one attached hydrogen (secondary N) is 2. The Bertz CT molecular complexity index is 393. The first kappa shape index (κ1) is 15.2. The van der Waals surface area contributed by atoms with Gasteiger partial charge in [-0.3, -0.25) is 9.59 Å². The molecule has 0 aliphatic carbocycles. The fourth-order valence-electron chi connectivity index (χ4n) is 1.61. The highest BCUT2D eigenvalue weighted by atomic mass is 16.2. The molecule has 0 aromatic heterocycles. The van der Waals surface area contributed by atoms with Crippen molar-refractivity contribution in [3.05, 3.63) is 35.9 Å². The Labute approximate surface area is 113 Å². The van der Waals surface area contributed by atoms with Crippen molar-refractivity contribution in [2.45, 2.75) is 25.8 Å². The van der Waals surface area contributed by atoms with E-state index in [0.29, 0.717) is 26.1 Å². The van der Waals surface area contributed by atoms with Crippen molar-refractivity contribution in [2.75, 3.05) is 13.1 Å². The van der Waals surface area contributed by atoms with Gasteiger partial charge in [0.1, 0.15) is 0 Å². The third-order valence-electron chi connectivity index (χ3n) is 2.64. The van der Waals surface area contributed by atoms with Crippen LogP contribution in [0.4, 0.5) is 0 Å². The average molecular weight is 263 g/mol. The number of carbonyl (C=O) groups excluding carboxylic acids is 2. The molecule has 1 aromatic carbocycles. The van der Waals surface area contributed by atoms with E-state index in [0.717, 1.165) is 18.4 Å². The molecule has 0 fully saturated rings. The quantitative estimate of drug-likeness (QED) is 0.569. The molecule has 19 heavy (non-hydrogen) atoms. The number of hydrogen-bond donors (Lipinski definition) is 3. The molecule has 0 saturated heterocycles. The molecule has 0 aliphatic heterocycles. The summed E-state index contributed by atoms with van der Waals surface area (Å²) in [4.78, 5) is 22.0. The minimum atomic E-state index is -0.277. The van der Waals surface area contributed by atoms with Crippen molar-refractivity contribution in [3.63, 3.8) is 0 Å². The summed E-state index contributed by atoms with van der Waals surface area (Å²) in [5.74, 6) is -0.306. The number of nitrogens with two attached hydrogens (primary N) is 1. The summed E-state index contributed by atoms with van der Waals surface area (Å²) >= 11 is 0. The van der Waals surface area contributed by atoms with Crippen LogP contribution in [0.3, 0.4) is 0 Å². The third kappa shape index (κ3) is 7.94. The van der Waals surface area contributed by atoms with Gasteiger partial charge in [0.05, 0.1) is 6.54 Å². The second kappa shape index (κ2) is 9.10. The summed E-state index contributed by atoms with van der Waals surface area (Å²) in [6.07, 6.45) is 2.00. The maximum Gasteiger partial charge on any atom is 0.234 e. The molecule has 0 radical (unpaired) electrons. The number of carbonyl (C=O) groups is 2. The normalized spacial score (nSPS) is 10.1. The van der Waals surface area contributed by atoms with Crippen molar-refractivity contribution >= 4 is 11.8 Å². The Morgan fingerprint density at radius 3 is 2.53 bits per heavy atom. The van der Waals surface area contributed by atoms with E-state index in [2.05, 4.69) is 10.6 Å². The van der Waals surface area contributed by atoms with Crippen molar-refractivity contribution < 1.29 is 9.59 Å². The van der Waals surface area contributed by atoms with Crippen LogP contribution in [0.15, 0.2) is 30.3 Å². The van der Waals surface area contributed by atoms with Gasteiger partial charge in [-0.25, -0.2) is 0 Å². The zero-order valence-electron chi connectivity index (χ0n) is 11.0. The van der Waals surface area contributed by atoms with Crippen molar-refractivity contribution in [2.24, 2.45) is 5.73 Å². The monoisotopic (exact) mass is 263 g/mol. The van der Waals surface area contributed by atoms with Gasteiger partial charge in [-0.15, -0.1) is 0 Å². The van der Waals surface area contributed by atoms with E-state index in [1.165, 1.54) is 0 Å². The molecular formula is C14H21N3O2. The van der Waals surface area contributed by atoms with Crippen molar-refractivity contribution in [1.29, 1.82) is 0 Å². The Balaban J connectivity index is 2.01. The second-order valence-electron chi connectivity index (χ2n) is 4.36. The molecular weight excluding hydrogens is 242 g/mol. The van der Waals surface area contributed by atoms with Crippen LogP contribution in [0.5, 0.6) is 0 Å². The largest absolute Gasteiger partial charge is 0.370 e. The topological polar surface area (TPSA) is 84.2 Å². The van der Waals surface area contributed by atoms with Crippen molar-refractivity contribution in [1.82, 2.24) is 10.6 Å². The van der Waals surface area contributed by atoms with E-state index < -0.39 is 0 Å². The van der Waals surface area contributed by atoms with Gasteiger partial charge in [-0.1, -0.05) is 30.3 Å². The molecule has 0 atom stereocenters. The first-order chi connectivity index (χ1) is 9.18. The van der Waals surface area contributed by atoms with E-state index in [9.17, 15) is 9.59 Å². The minimum absolute atomic E-state index is 0.0289. The van der Waals surface area contributed by atoms with E-state index >= 15 is 0 Å². The molecule has 1 rings (SSSR count). The predicted molar refractivity (Wildman–Crippen MR) is 74.2 cm³/mol. The Hall–Kier alpha value is -1.88. The minimum Gasteiger partial charge on any atom is -0.370 e. The molecule has 0 aliphatic rings. The Morgan fingerprint density at radius 1 is 1.11 bits per heavy atom. The van der Waals surface area contributed by atoms with Gasteiger partial charge >= 0.3 is 0 Å². The van der Waals surface area contributed by atoms with Crippen LogP contribution in [-0.4, -0.2) is 24.9 Å². The van der Waals surface area contributed by atoms with E-state index in [-0.39, 0.29) is 11.8 Å². The average Bonchev–Trinajstić information content (AvgIpc) is 2.41. The summed E-state index contributed by atoms with van der Waals surface area (Å²) in [5, 5.41) is 5.86.